The van der Waals surface area contributed by atoms with Gasteiger partial charge in [-0.25, -0.2) is 4.98 Å². The molecule has 0 saturated carbocycles. The van der Waals surface area contributed by atoms with Crippen LogP contribution in [-0.2, 0) is 11.3 Å². The van der Waals surface area contributed by atoms with Crippen LogP contribution in [0.2, 0.25) is 0 Å². The molecule has 0 radical (unpaired) electrons. The normalized spacial score (nSPS) is 10.8. The first-order valence-electron chi connectivity index (χ1n) is 8.08. The standard InChI is InChI=1S/C19H19N3O2S2/c1-4-8-21(9-5-2)16(23)10-22-12-20-18-17(19(22)24)14(11-25-18)15-7-6-13(3)26-15/h4-7,11-12H,1-2,8-10H2,3H3. The number of rotatable bonds is 7. The third-order valence-corrected chi connectivity index (χ3v) is 5.84. The molecule has 0 fully saturated rings. The summed E-state index contributed by atoms with van der Waals surface area (Å²) in [5.74, 6) is -0.170. The van der Waals surface area contributed by atoms with E-state index in [0.29, 0.717) is 23.3 Å². The largest absolute Gasteiger partial charge is 0.334 e. The van der Waals surface area contributed by atoms with Gasteiger partial charge in [0.1, 0.15) is 11.4 Å². The van der Waals surface area contributed by atoms with Crippen LogP contribution in [0.4, 0.5) is 0 Å². The predicted molar refractivity (Wildman–Crippen MR) is 109 cm³/mol. The van der Waals surface area contributed by atoms with Gasteiger partial charge in [0, 0.05) is 33.8 Å². The van der Waals surface area contributed by atoms with E-state index >= 15 is 0 Å². The second kappa shape index (κ2) is 7.80. The van der Waals surface area contributed by atoms with Crippen molar-refractivity contribution in [3.63, 3.8) is 0 Å². The summed E-state index contributed by atoms with van der Waals surface area (Å²) >= 11 is 3.08. The Morgan fingerprint density at radius 3 is 2.65 bits per heavy atom. The maximum absolute atomic E-state index is 13.0. The Kier molecular flexibility index (Phi) is 5.49. The zero-order valence-electron chi connectivity index (χ0n) is 14.5. The minimum atomic E-state index is -0.192. The number of hydrogen-bond acceptors (Lipinski definition) is 5. The van der Waals surface area contributed by atoms with Gasteiger partial charge in [-0.2, -0.15) is 0 Å². The Morgan fingerprint density at radius 1 is 1.31 bits per heavy atom. The number of aromatic nitrogens is 2. The van der Waals surface area contributed by atoms with E-state index in [4.69, 9.17) is 0 Å². The van der Waals surface area contributed by atoms with Gasteiger partial charge in [-0.3, -0.25) is 14.2 Å². The smallest absolute Gasteiger partial charge is 0.263 e. The van der Waals surface area contributed by atoms with Gasteiger partial charge in [0.05, 0.1) is 11.7 Å². The second-order valence-electron chi connectivity index (χ2n) is 5.79. The van der Waals surface area contributed by atoms with Crippen LogP contribution in [0.3, 0.4) is 0 Å². The topological polar surface area (TPSA) is 55.2 Å². The van der Waals surface area contributed by atoms with Crippen molar-refractivity contribution in [1.82, 2.24) is 14.5 Å². The van der Waals surface area contributed by atoms with Crippen LogP contribution in [0.25, 0.3) is 20.7 Å². The highest BCUT2D eigenvalue weighted by molar-refractivity contribution is 7.19. The lowest BCUT2D eigenvalue weighted by Gasteiger charge is -2.19. The van der Waals surface area contributed by atoms with Gasteiger partial charge >= 0.3 is 0 Å². The fraction of sp³-hybridized carbons (Fsp3) is 0.211. The molecule has 0 aliphatic carbocycles. The van der Waals surface area contributed by atoms with E-state index in [1.807, 2.05) is 24.4 Å². The first-order chi connectivity index (χ1) is 12.5. The summed E-state index contributed by atoms with van der Waals surface area (Å²) < 4.78 is 1.38. The zero-order valence-corrected chi connectivity index (χ0v) is 16.1. The highest BCUT2D eigenvalue weighted by Gasteiger charge is 2.17. The van der Waals surface area contributed by atoms with Crippen LogP contribution in [0, 0.1) is 6.92 Å². The van der Waals surface area contributed by atoms with E-state index < -0.39 is 0 Å². The maximum Gasteiger partial charge on any atom is 0.263 e. The molecule has 3 heterocycles. The lowest BCUT2D eigenvalue weighted by Crippen LogP contribution is -2.36. The Labute approximate surface area is 159 Å². The third kappa shape index (κ3) is 3.54. The highest BCUT2D eigenvalue weighted by Crippen LogP contribution is 2.34. The van der Waals surface area contributed by atoms with Crippen molar-refractivity contribution in [2.24, 2.45) is 0 Å². The molecule has 0 N–H and O–H groups in total. The Morgan fingerprint density at radius 2 is 2.04 bits per heavy atom. The van der Waals surface area contributed by atoms with E-state index in [-0.39, 0.29) is 18.0 Å². The van der Waals surface area contributed by atoms with Gasteiger partial charge in [0.2, 0.25) is 5.91 Å². The fourth-order valence-electron chi connectivity index (χ4n) is 2.68. The minimum absolute atomic E-state index is 0.0534. The molecule has 7 heteroatoms. The molecule has 1 amide bonds. The first-order valence-corrected chi connectivity index (χ1v) is 9.77. The molecule has 0 spiro atoms. The summed E-state index contributed by atoms with van der Waals surface area (Å²) in [6, 6.07) is 4.05. The van der Waals surface area contributed by atoms with Crippen LogP contribution in [0.5, 0.6) is 0 Å². The molecule has 3 rings (SSSR count). The lowest BCUT2D eigenvalue weighted by atomic mass is 10.2. The van der Waals surface area contributed by atoms with Gasteiger partial charge in [0.15, 0.2) is 0 Å². The monoisotopic (exact) mass is 385 g/mol. The summed E-state index contributed by atoms with van der Waals surface area (Å²) in [7, 11) is 0. The molecule has 0 aromatic carbocycles. The molecule has 0 aliphatic rings. The minimum Gasteiger partial charge on any atom is -0.334 e. The number of carbonyl (C=O) groups excluding carboxylic acids is 1. The van der Waals surface area contributed by atoms with Gasteiger partial charge in [-0.1, -0.05) is 12.2 Å². The molecule has 26 heavy (non-hydrogen) atoms. The highest BCUT2D eigenvalue weighted by atomic mass is 32.1. The molecule has 0 bridgehead atoms. The Bertz CT molecular complexity index is 1020. The molecule has 3 aromatic rings. The lowest BCUT2D eigenvalue weighted by molar-refractivity contribution is -0.130. The summed E-state index contributed by atoms with van der Waals surface area (Å²) in [4.78, 5) is 34.4. The van der Waals surface area contributed by atoms with Crippen LogP contribution < -0.4 is 5.56 Å². The molecular formula is C19H19N3O2S2. The SMILES string of the molecule is C=CCN(CC=C)C(=O)Cn1cnc2scc(-c3ccc(C)s3)c2c1=O. The van der Waals surface area contributed by atoms with Crippen molar-refractivity contribution in [3.8, 4) is 10.4 Å². The second-order valence-corrected chi connectivity index (χ2v) is 7.94. The van der Waals surface area contributed by atoms with Crippen molar-refractivity contribution in [1.29, 1.82) is 0 Å². The molecule has 3 aromatic heterocycles. The fourth-order valence-corrected chi connectivity index (χ4v) is 4.54. The average molecular weight is 386 g/mol. The molecule has 0 aliphatic heterocycles. The number of fused-ring (bicyclic) bond motifs is 1. The molecule has 0 unspecified atom stereocenters. The van der Waals surface area contributed by atoms with Crippen LogP contribution >= 0.6 is 22.7 Å². The summed E-state index contributed by atoms with van der Waals surface area (Å²) in [6.45, 7) is 10.1. The third-order valence-electron chi connectivity index (χ3n) is 3.92. The van der Waals surface area contributed by atoms with Crippen molar-refractivity contribution in [2.45, 2.75) is 13.5 Å². The molecule has 0 saturated heterocycles. The van der Waals surface area contributed by atoms with Crippen LogP contribution in [0.15, 0.2) is 53.9 Å². The predicted octanol–water partition coefficient (Wildman–Crippen LogP) is 3.70. The van der Waals surface area contributed by atoms with Gasteiger partial charge in [-0.05, 0) is 19.1 Å². The number of carbonyl (C=O) groups is 1. The Hall–Kier alpha value is -2.51. The van der Waals surface area contributed by atoms with E-state index in [1.165, 1.54) is 27.1 Å². The maximum atomic E-state index is 13.0. The molecule has 134 valence electrons. The summed E-state index contributed by atoms with van der Waals surface area (Å²) in [6.07, 6.45) is 4.76. The zero-order chi connectivity index (χ0) is 18.7. The number of aryl methyl sites for hydroxylation is 1. The molecular weight excluding hydrogens is 366 g/mol. The van der Waals surface area contributed by atoms with E-state index in [2.05, 4.69) is 18.1 Å². The summed E-state index contributed by atoms with van der Waals surface area (Å²) in [5.41, 5.74) is 0.694. The van der Waals surface area contributed by atoms with Crippen LogP contribution in [-0.4, -0.2) is 33.4 Å². The van der Waals surface area contributed by atoms with Gasteiger partial charge < -0.3 is 4.90 Å². The van der Waals surface area contributed by atoms with Crippen molar-refractivity contribution in [2.75, 3.05) is 13.1 Å². The van der Waals surface area contributed by atoms with Gasteiger partial charge in [0.25, 0.3) is 5.56 Å². The Balaban J connectivity index is 1.99. The quantitative estimate of drug-likeness (QED) is 0.583. The van der Waals surface area contributed by atoms with E-state index in [1.54, 1.807) is 28.4 Å². The molecule has 0 atom stereocenters. The number of hydrogen-bond donors (Lipinski definition) is 0. The van der Waals surface area contributed by atoms with E-state index in [9.17, 15) is 9.59 Å². The molecule has 5 nitrogen and oxygen atoms in total. The number of nitrogens with zero attached hydrogens (tertiary/aromatic N) is 3. The average Bonchev–Trinajstić information content (AvgIpc) is 3.23. The number of amides is 1. The summed E-state index contributed by atoms with van der Waals surface area (Å²) in [5, 5.41) is 2.53. The van der Waals surface area contributed by atoms with Gasteiger partial charge in [-0.15, -0.1) is 35.8 Å². The first kappa shape index (κ1) is 18.3. The van der Waals surface area contributed by atoms with E-state index in [0.717, 1.165) is 10.4 Å². The van der Waals surface area contributed by atoms with Crippen molar-refractivity contribution in [3.05, 3.63) is 64.4 Å². The van der Waals surface area contributed by atoms with Crippen LogP contribution in [0.1, 0.15) is 4.88 Å². The van der Waals surface area contributed by atoms with Crippen molar-refractivity contribution >= 4 is 38.8 Å². The number of thiophene rings is 2. The van der Waals surface area contributed by atoms with Crippen molar-refractivity contribution < 1.29 is 4.79 Å².